The van der Waals surface area contributed by atoms with Crippen LogP contribution in [0.3, 0.4) is 0 Å². The second kappa shape index (κ2) is 8.58. The Hall–Kier alpha value is -4.28. The summed E-state index contributed by atoms with van der Waals surface area (Å²) in [5, 5.41) is 13.3. The molecule has 1 aliphatic heterocycles. The molecule has 1 saturated carbocycles. The molecule has 0 spiro atoms. The molecule has 0 unspecified atom stereocenters. The van der Waals surface area contributed by atoms with E-state index in [1.54, 1.807) is 36.9 Å². The summed E-state index contributed by atoms with van der Waals surface area (Å²) in [5.41, 5.74) is 3.00. The monoisotopic (exact) mass is 460 g/mol. The maximum atomic E-state index is 12.3. The molecule has 2 fully saturated rings. The number of anilines is 2. The summed E-state index contributed by atoms with van der Waals surface area (Å²) in [4.78, 5) is 46.6. The maximum absolute atomic E-state index is 12.3. The van der Waals surface area contributed by atoms with Gasteiger partial charge in [0.2, 0.25) is 17.8 Å². The summed E-state index contributed by atoms with van der Waals surface area (Å²) in [5.74, 6) is 0.132. The second-order valence-electron chi connectivity index (χ2n) is 8.60. The molecule has 174 valence electrons. The summed E-state index contributed by atoms with van der Waals surface area (Å²) in [7, 11) is 3.43. The molecule has 2 aromatic heterocycles. The van der Waals surface area contributed by atoms with Crippen molar-refractivity contribution in [1.29, 1.82) is 0 Å². The summed E-state index contributed by atoms with van der Waals surface area (Å²) in [6, 6.07) is 7.71. The van der Waals surface area contributed by atoms with E-state index in [-0.39, 0.29) is 18.2 Å². The zero-order valence-corrected chi connectivity index (χ0v) is 18.8. The number of imide groups is 1. The molecule has 3 heterocycles. The number of hydrogen-bond acceptors (Lipinski definition) is 8. The van der Waals surface area contributed by atoms with Crippen molar-refractivity contribution in [2.24, 2.45) is 0 Å². The molecule has 0 radical (unpaired) electrons. The third-order valence-corrected chi connectivity index (χ3v) is 5.56. The Morgan fingerprint density at radius 2 is 2.09 bits per heavy atom. The van der Waals surface area contributed by atoms with E-state index < -0.39 is 5.91 Å². The number of carbonyl (C=O) groups excluding carboxylic acids is 3. The Balaban J connectivity index is 1.45. The molecule has 3 N–H and O–H groups in total. The first-order valence-electron chi connectivity index (χ1n) is 11.0. The van der Waals surface area contributed by atoms with Gasteiger partial charge in [-0.2, -0.15) is 19.6 Å². The van der Waals surface area contributed by atoms with Gasteiger partial charge in [0.05, 0.1) is 12.6 Å². The maximum Gasteiger partial charge on any atom is 0.254 e. The Labute approximate surface area is 195 Å². The lowest BCUT2D eigenvalue weighted by molar-refractivity contribution is -0.124. The van der Waals surface area contributed by atoms with Gasteiger partial charge in [-0.25, -0.2) is 0 Å². The van der Waals surface area contributed by atoms with Crippen LogP contribution in [-0.4, -0.2) is 62.3 Å². The Bertz CT molecular complexity index is 1340. The third-order valence-electron chi connectivity index (χ3n) is 5.56. The van der Waals surface area contributed by atoms with Crippen LogP contribution in [0.5, 0.6) is 0 Å². The normalized spacial score (nSPS) is 16.7. The quantitative estimate of drug-likeness (QED) is 0.356. The van der Waals surface area contributed by atoms with Crippen molar-refractivity contribution < 1.29 is 14.4 Å². The average molecular weight is 460 g/mol. The summed E-state index contributed by atoms with van der Waals surface area (Å²) < 4.78 is 1.60. The highest BCUT2D eigenvalue weighted by Gasteiger charge is 2.26. The van der Waals surface area contributed by atoms with Gasteiger partial charge in [0, 0.05) is 43.4 Å². The fourth-order valence-corrected chi connectivity index (χ4v) is 3.64. The van der Waals surface area contributed by atoms with Gasteiger partial charge in [-0.1, -0.05) is 12.1 Å². The number of carbonyl (C=O) groups is 3. The first-order valence-corrected chi connectivity index (χ1v) is 11.0. The SMILES string of the molecule is CN(C)C(=O)c1cccc(CNc2nc(NC3CC3)n3ncc(/C=C4\CC(=O)NC4=O)c3n2)c1. The topological polar surface area (TPSA) is 134 Å². The number of aromatic nitrogens is 4. The first-order chi connectivity index (χ1) is 16.4. The van der Waals surface area contributed by atoms with Crippen LogP contribution in [0, 0.1) is 0 Å². The predicted octanol–water partition coefficient (Wildman–Crippen LogP) is 1.44. The first kappa shape index (κ1) is 21.6. The summed E-state index contributed by atoms with van der Waals surface area (Å²) in [6.45, 7) is 0.412. The fraction of sp³-hybridized carbons (Fsp3) is 0.304. The molecular formula is C23H24N8O3. The molecule has 11 nitrogen and oxygen atoms in total. The molecule has 0 atom stereocenters. The lowest BCUT2D eigenvalue weighted by Gasteiger charge is -2.12. The highest BCUT2D eigenvalue weighted by molar-refractivity contribution is 6.15. The molecule has 3 amide bonds. The summed E-state index contributed by atoms with van der Waals surface area (Å²) in [6.07, 6.45) is 5.38. The van der Waals surface area contributed by atoms with E-state index in [4.69, 9.17) is 0 Å². The molecule has 3 aromatic rings. The highest BCUT2D eigenvalue weighted by atomic mass is 16.2. The van der Waals surface area contributed by atoms with Gasteiger partial charge in [-0.05, 0) is 36.6 Å². The number of amides is 3. The van der Waals surface area contributed by atoms with Crippen molar-refractivity contribution in [2.45, 2.75) is 31.8 Å². The van der Waals surface area contributed by atoms with Crippen LogP contribution in [0.15, 0.2) is 36.0 Å². The minimum Gasteiger partial charge on any atom is -0.351 e. The van der Waals surface area contributed by atoms with Gasteiger partial charge in [0.15, 0.2) is 5.65 Å². The Kier molecular flexibility index (Phi) is 5.44. The molecule has 1 aromatic carbocycles. The van der Waals surface area contributed by atoms with E-state index in [2.05, 4.69) is 31.0 Å². The van der Waals surface area contributed by atoms with Crippen LogP contribution in [-0.2, 0) is 16.1 Å². The zero-order valence-electron chi connectivity index (χ0n) is 18.8. The minimum atomic E-state index is -0.403. The molecule has 1 saturated heterocycles. The van der Waals surface area contributed by atoms with E-state index in [1.807, 2.05) is 18.2 Å². The van der Waals surface area contributed by atoms with Gasteiger partial charge in [-0.3, -0.25) is 19.7 Å². The number of fused-ring (bicyclic) bond motifs is 1. The zero-order chi connectivity index (χ0) is 23.8. The van der Waals surface area contributed by atoms with Gasteiger partial charge in [0.1, 0.15) is 0 Å². The van der Waals surface area contributed by atoms with Crippen molar-refractivity contribution in [2.75, 3.05) is 24.7 Å². The van der Waals surface area contributed by atoms with E-state index in [0.717, 1.165) is 18.4 Å². The Morgan fingerprint density at radius 1 is 1.26 bits per heavy atom. The van der Waals surface area contributed by atoms with Gasteiger partial charge in [-0.15, -0.1) is 0 Å². The average Bonchev–Trinajstić information content (AvgIpc) is 3.45. The molecule has 11 heteroatoms. The van der Waals surface area contributed by atoms with Crippen molar-refractivity contribution in [3.8, 4) is 0 Å². The van der Waals surface area contributed by atoms with Crippen LogP contribution < -0.4 is 16.0 Å². The lowest BCUT2D eigenvalue weighted by atomic mass is 10.1. The molecule has 2 aliphatic rings. The van der Waals surface area contributed by atoms with E-state index >= 15 is 0 Å². The number of nitrogens with one attached hydrogen (secondary N) is 3. The Morgan fingerprint density at radius 3 is 2.79 bits per heavy atom. The highest BCUT2D eigenvalue weighted by Crippen LogP contribution is 2.26. The fourth-order valence-electron chi connectivity index (χ4n) is 3.64. The van der Waals surface area contributed by atoms with Crippen LogP contribution >= 0.6 is 0 Å². The smallest absolute Gasteiger partial charge is 0.254 e. The minimum absolute atomic E-state index is 0.0293. The number of benzene rings is 1. The van der Waals surface area contributed by atoms with Crippen LogP contribution in [0.4, 0.5) is 11.9 Å². The second-order valence-corrected chi connectivity index (χ2v) is 8.60. The van der Waals surface area contributed by atoms with Crippen molar-refractivity contribution in [3.05, 3.63) is 52.7 Å². The van der Waals surface area contributed by atoms with Crippen molar-refractivity contribution >= 4 is 41.3 Å². The number of rotatable bonds is 7. The molecular weight excluding hydrogens is 436 g/mol. The largest absolute Gasteiger partial charge is 0.351 e. The van der Waals surface area contributed by atoms with E-state index in [0.29, 0.717) is 46.8 Å². The van der Waals surface area contributed by atoms with Crippen molar-refractivity contribution in [1.82, 2.24) is 29.8 Å². The van der Waals surface area contributed by atoms with Gasteiger partial charge in [0.25, 0.3) is 11.8 Å². The number of hydrogen-bond donors (Lipinski definition) is 3. The standard InChI is InChI=1S/C23H24N8O3/c1-30(2)21(34)14-5-3-4-13(8-14)11-24-22-28-19-16(9-15-10-18(32)27-20(15)33)12-25-31(19)23(29-22)26-17-6-7-17/h3-5,8-9,12,17H,6-7,10-11H2,1-2H3,(H,27,32,33)(H2,24,26,28,29)/b15-9+. The van der Waals surface area contributed by atoms with Crippen LogP contribution in [0.1, 0.15) is 40.7 Å². The third kappa shape index (κ3) is 4.45. The van der Waals surface area contributed by atoms with E-state index in [1.165, 1.54) is 4.90 Å². The van der Waals surface area contributed by atoms with E-state index in [9.17, 15) is 14.4 Å². The van der Waals surface area contributed by atoms with Gasteiger partial charge >= 0.3 is 0 Å². The van der Waals surface area contributed by atoms with Crippen molar-refractivity contribution in [3.63, 3.8) is 0 Å². The molecule has 5 rings (SSSR count). The lowest BCUT2D eigenvalue weighted by Crippen LogP contribution is -2.21. The van der Waals surface area contributed by atoms with Crippen LogP contribution in [0.25, 0.3) is 11.7 Å². The van der Waals surface area contributed by atoms with Crippen LogP contribution in [0.2, 0.25) is 0 Å². The molecule has 1 aliphatic carbocycles. The number of nitrogens with zero attached hydrogens (tertiary/aromatic N) is 5. The summed E-state index contributed by atoms with van der Waals surface area (Å²) >= 11 is 0. The van der Waals surface area contributed by atoms with Gasteiger partial charge < -0.3 is 15.5 Å². The molecule has 34 heavy (non-hydrogen) atoms. The molecule has 0 bridgehead atoms. The predicted molar refractivity (Wildman–Crippen MR) is 125 cm³/mol.